The molecule has 0 atom stereocenters. The quantitative estimate of drug-likeness (QED) is 0.629. The van der Waals surface area contributed by atoms with E-state index in [1.54, 1.807) is 43.5 Å². The summed E-state index contributed by atoms with van der Waals surface area (Å²) in [6, 6.07) is 6.85. The Morgan fingerprint density at radius 2 is 1.89 bits per heavy atom. The molecule has 0 aromatic heterocycles. The molecule has 0 saturated carbocycles. The maximum Gasteiger partial charge on any atom is 0.253 e. The van der Waals surface area contributed by atoms with Crippen LogP contribution in [0.3, 0.4) is 0 Å². The zero-order chi connectivity index (χ0) is 13.4. The summed E-state index contributed by atoms with van der Waals surface area (Å²) in [5, 5.41) is 5.19. The van der Waals surface area contributed by atoms with Crippen molar-refractivity contribution >= 4 is 17.5 Å². The molecule has 94 valence electrons. The molecule has 0 fully saturated rings. The molecule has 1 rings (SSSR count). The van der Waals surface area contributed by atoms with E-state index in [1.165, 1.54) is 6.08 Å². The summed E-state index contributed by atoms with van der Waals surface area (Å²) in [6.45, 7) is 1.86. The molecular weight excluding hydrogens is 228 g/mol. The number of rotatable bonds is 4. The second-order valence-electron chi connectivity index (χ2n) is 3.50. The standard InChI is InChI=1S/C14H16N2O2/c1-3-4-5-10-13(17)16-12-9-7-6-8-11(12)14(18)15-2/h3-10H,1-2H3,(H,15,18)(H,16,17). The van der Waals surface area contributed by atoms with Crippen LogP contribution in [0.15, 0.2) is 48.6 Å². The van der Waals surface area contributed by atoms with Gasteiger partial charge >= 0.3 is 0 Å². The molecule has 0 aliphatic heterocycles. The monoisotopic (exact) mass is 244 g/mol. The summed E-state index contributed by atoms with van der Waals surface area (Å²) >= 11 is 0. The van der Waals surface area contributed by atoms with Crippen LogP contribution in [0.2, 0.25) is 0 Å². The van der Waals surface area contributed by atoms with Gasteiger partial charge in [-0.05, 0) is 19.1 Å². The van der Waals surface area contributed by atoms with Crippen molar-refractivity contribution in [3.05, 3.63) is 54.1 Å². The van der Waals surface area contributed by atoms with Crippen LogP contribution in [0.4, 0.5) is 5.69 Å². The van der Waals surface area contributed by atoms with E-state index in [0.717, 1.165) is 0 Å². The van der Waals surface area contributed by atoms with Gasteiger partial charge in [0.25, 0.3) is 5.91 Å². The van der Waals surface area contributed by atoms with Crippen molar-refractivity contribution in [3.63, 3.8) is 0 Å². The normalized spacial score (nSPS) is 10.8. The van der Waals surface area contributed by atoms with Gasteiger partial charge in [-0.3, -0.25) is 9.59 Å². The second kappa shape index (κ2) is 7.06. The maximum absolute atomic E-state index is 11.6. The molecule has 2 N–H and O–H groups in total. The first-order valence-electron chi connectivity index (χ1n) is 5.60. The second-order valence-corrected chi connectivity index (χ2v) is 3.50. The summed E-state index contributed by atoms with van der Waals surface area (Å²) in [5.41, 5.74) is 0.930. The fourth-order valence-electron chi connectivity index (χ4n) is 1.35. The molecule has 0 unspecified atom stereocenters. The number of hydrogen-bond donors (Lipinski definition) is 2. The zero-order valence-corrected chi connectivity index (χ0v) is 10.4. The third-order valence-electron chi connectivity index (χ3n) is 2.21. The summed E-state index contributed by atoms with van der Waals surface area (Å²) in [6.07, 6.45) is 6.62. The van der Waals surface area contributed by atoms with Crippen LogP contribution in [0.5, 0.6) is 0 Å². The van der Waals surface area contributed by atoms with Gasteiger partial charge in [0, 0.05) is 13.1 Å². The average molecular weight is 244 g/mol. The lowest BCUT2D eigenvalue weighted by molar-refractivity contribution is -0.111. The van der Waals surface area contributed by atoms with E-state index in [9.17, 15) is 9.59 Å². The molecule has 1 aromatic rings. The van der Waals surface area contributed by atoms with Gasteiger partial charge in [0.15, 0.2) is 0 Å². The van der Waals surface area contributed by atoms with E-state index in [1.807, 2.05) is 13.0 Å². The Balaban J connectivity index is 2.84. The lowest BCUT2D eigenvalue weighted by Gasteiger charge is -2.08. The van der Waals surface area contributed by atoms with Crippen molar-refractivity contribution in [1.82, 2.24) is 5.32 Å². The number of anilines is 1. The summed E-state index contributed by atoms with van der Waals surface area (Å²) < 4.78 is 0. The molecule has 1 aromatic carbocycles. The number of allylic oxidation sites excluding steroid dienone is 3. The Hall–Kier alpha value is -2.36. The zero-order valence-electron chi connectivity index (χ0n) is 10.4. The minimum atomic E-state index is -0.274. The Labute approximate surface area is 106 Å². The SMILES string of the molecule is CC=CC=CC(=O)Nc1ccccc1C(=O)NC. The molecule has 18 heavy (non-hydrogen) atoms. The van der Waals surface area contributed by atoms with Gasteiger partial charge in [0.1, 0.15) is 0 Å². The average Bonchev–Trinajstić information content (AvgIpc) is 2.39. The molecule has 0 bridgehead atoms. The largest absolute Gasteiger partial charge is 0.355 e. The van der Waals surface area contributed by atoms with Crippen molar-refractivity contribution in [3.8, 4) is 0 Å². The fraction of sp³-hybridized carbons (Fsp3) is 0.143. The van der Waals surface area contributed by atoms with Crippen LogP contribution >= 0.6 is 0 Å². The highest BCUT2D eigenvalue weighted by molar-refractivity contribution is 6.06. The number of carbonyl (C=O) groups is 2. The van der Waals surface area contributed by atoms with Gasteiger partial charge < -0.3 is 10.6 Å². The topological polar surface area (TPSA) is 58.2 Å². The molecule has 4 nitrogen and oxygen atoms in total. The predicted molar refractivity (Wildman–Crippen MR) is 72.4 cm³/mol. The Kier molecular flexibility index (Phi) is 5.38. The first-order valence-corrected chi connectivity index (χ1v) is 5.60. The molecule has 0 heterocycles. The molecule has 0 aliphatic rings. The van der Waals surface area contributed by atoms with Gasteiger partial charge in [0.05, 0.1) is 11.3 Å². The first-order chi connectivity index (χ1) is 8.69. The van der Waals surface area contributed by atoms with Gasteiger partial charge in [-0.15, -0.1) is 0 Å². The maximum atomic E-state index is 11.6. The van der Waals surface area contributed by atoms with Crippen LogP contribution in [0.1, 0.15) is 17.3 Å². The van der Waals surface area contributed by atoms with Crippen molar-refractivity contribution in [2.24, 2.45) is 0 Å². The molecule has 4 heteroatoms. The highest BCUT2D eigenvalue weighted by atomic mass is 16.2. The molecule has 0 radical (unpaired) electrons. The lowest BCUT2D eigenvalue weighted by atomic mass is 10.1. The molecule has 0 spiro atoms. The van der Waals surface area contributed by atoms with Crippen LogP contribution in [-0.2, 0) is 4.79 Å². The van der Waals surface area contributed by atoms with Gasteiger partial charge in [-0.25, -0.2) is 0 Å². The minimum absolute atomic E-state index is 0.233. The number of amides is 2. The van der Waals surface area contributed by atoms with Gasteiger partial charge in [0.2, 0.25) is 5.91 Å². The Morgan fingerprint density at radius 1 is 1.17 bits per heavy atom. The fourth-order valence-corrected chi connectivity index (χ4v) is 1.35. The van der Waals surface area contributed by atoms with E-state index in [4.69, 9.17) is 0 Å². The molecule has 0 saturated heterocycles. The summed E-state index contributed by atoms with van der Waals surface area (Å²) in [4.78, 5) is 23.2. The number of para-hydroxylation sites is 1. The smallest absolute Gasteiger partial charge is 0.253 e. The highest BCUT2D eigenvalue weighted by Gasteiger charge is 2.09. The Bertz CT molecular complexity index is 490. The predicted octanol–water partition coefficient (Wildman–Crippen LogP) is 2.12. The van der Waals surface area contributed by atoms with E-state index in [0.29, 0.717) is 11.3 Å². The van der Waals surface area contributed by atoms with Crippen LogP contribution in [0, 0.1) is 0 Å². The van der Waals surface area contributed by atoms with Crippen molar-refractivity contribution in [1.29, 1.82) is 0 Å². The van der Waals surface area contributed by atoms with Crippen LogP contribution in [0.25, 0.3) is 0 Å². The highest BCUT2D eigenvalue weighted by Crippen LogP contribution is 2.14. The Morgan fingerprint density at radius 3 is 2.56 bits per heavy atom. The van der Waals surface area contributed by atoms with E-state index in [-0.39, 0.29) is 11.8 Å². The van der Waals surface area contributed by atoms with E-state index >= 15 is 0 Å². The first kappa shape index (κ1) is 13.7. The van der Waals surface area contributed by atoms with Crippen LogP contribution < -0.4 is 10.6 Å². The van der Waals surface area contributed by atoms with E-state index in [2.05, 4.69) is 10.6 Å². The molecule has 0 aliphatic carbocycles. The van der Waals surface area contributed by atoms with Crippen LogP contribution in [-0.4, -0.2) is 18.9 Å². The third-order valence-corrected chi connectivity index (χ3v) is 2.21. The van der Waals surface area contributed by atoms with Gasteiger partial charge in [-0.1, -0.05) is 30.4 Å². The number of hydrogen-bond acceptors (Lipinski definition) is 2. The lowest BCUT2D eigenvalue weighted by Crippen LogP contribution is -2.20. The molecule has 2 amide bonds. The van der Waals surface area contributed by atoms with Crippen molar-refractivity contribution in [2.45, 2.75) is 6.92 Å². The van der Waals surface area contributed by atoms with Crippen molar-refractivity contribution in [2.75, 3.05) is 12.4 Å². The number of carbonyl (C=O) groups excluding carboxylic acids is 2. The summed E-state index contributed by atoms with van der Waals surface area (Å²) in [5.74, 6) is -0.507. The van der Waals surface area contributed by atoms with E-state index < -0.39 is 0 Å². The number of nitrogens with one attached hydrogen (secondary N) is 2. The van der Waals surface area contributed by atoms with Gasteiger partial charge in [-0.2, -0.15) is 0 Å². The number of benzene rings is 1. The summed E-state index contributed by atoms with van der Waals surface area (Å²) in [7, 11) is 1.55. The third kappa shape index (κ3) is 3.90. The van der Waals surface area contributed by atoms with Crippen molar-refractivity contribution < 1.29 is 9.59 Å². The minimum Gasteiger partial charge on any atom is -0.355 e. The molecular formula is C14H16N2O2.